The zero-order valence-corrected chi connectivity index (χ0v) is 11.8. The molecule has 6 heteroatoms. The first-order chi connectivity index (χ1) is 7.74. The summed E-state index contributed by atoms with van der Waals surface area (Å²) in [6.45, 7) is 2.86. The maximum Gasteiger partial charge on any atom is 0.220 e. The first-order valence-corrected chi connectivity index (χ1v) is 6.65. The average molecular weight is 295 g/mol. The van der Waals surface area contributed by atoms with Crippen molar-refractivity contribution in [2.75, 3.05) is 19.6 Å². The molecule has 0 saturated carbocycles. The highest BCUT2D eigenvalue weighted by molar-refractivity contribution is 7.16. The number of halogens is 2. The van der Waals surface area contributed by atoms with E-state index in [-0.39, 0.29) is 18.3 Å². The van der Waals surface area contributed by atoms with Crippen LogP contribution in [0.1, 0.15) is 11.3 Å². The maximum atomic E-state index is 11.5. The van der Waals surface area contributed by atoms with Crippen LogP contribution in [-0.4, -0.2) is 25.5 Å². The van der Waals surface area contributed by atoms with Crippen molar-refractivity contribution in [2.24, 2.45) is 5.92 Å². The molecule has 1 amide bonds. The minimum absolute atomic E-state index is 0. The van der Waals surface area contributed by atoms with Crippen LogP contribution in [0.2, 0.25) is 4.34 Å². The topological polar surface area (TPSA) is 41.1 Å². The Morgan fingerprint density at radius 2 is 2.29 bits per heavy atom. The minimum atomic E-state index is 0. The Labute approximate surface area is 116 Å². The molecule has 17 heavy (non-hydrogen) atoms. The fourth-order valence-corrected chi connectivity index (χ4v) is 2.65. The molecule has 0 spiro atoms. The van der Waals surface area contributed by atoms with Gasteiger partial charge in [0.05, 0.1) is 4.34 Å². The number of thiophene rings is 1. The van der Waals surface area contributed by atoms with Crippen molar-refractivity contribution < 1.29 is 4.79 Å². The second-order valence-electron chi connectivity index (χ2n) is 4.03. The zero-order valence-electron chi connectivity index (χ0n) is 9.37. The van der Waals surface area contributed by atoms with Crippen molar-refractivity contribution in [3.8, 4) is 0 Å². The van der Waals surface area contributed by atoms with Crippen molar-refractivity contribution in [1.82, 2.24) is 10.6 Å². The molecule has 0 bridgehead atoms. The van der Waals surface area contributed by atoms with Crippen LogP contribution in [0.15, 0.2) is 12.1 Å². The molecule has 0 aliphatic carbocycles. The highest BCUT2D eigenvalue weighted by Crippen LogP contribution is 2.22. The van der Waals surface area contributed by atoms with Gasteiger partial charge in [-0.25, -0.2) is 0 Å². The molecular formula is C11H16Cl2N2OS. The third kappa shape index (κ3) is 4.84. The van der Waals surface area contributed by atoms with Crippen molar-refractivity contribution in [2.45, 2.75) is 12.8 Å². The second-order valence-corrected chi connectivity index (χ2v) is 5.83. The molecule has 1 fully saturated rings. The van der Waals surface area contributed by atoms with E-state index in [2.05, 4.69) is 10.6 Å². The van der Waals surface area contributed by atoms with Gasteiger partial charge in [-0.15, -0.1) is 23.7 Å². The summed E-state index contributed by atoms with van der Waals surface area (Å²) >= 11 is 7.36. The lowest BCUT2D eigenvalue weighted by Gasteiger charge is -2.27. The first kappa shape index (κ1) is 14.8. The molecule has 1 aliphatic heterocycles. The number of carbonyl (C=O) groups excluding carboxylic acids is 1. The first-order valence-electron chi connectivity index (χ1n) is 5.45. The molecule has 3 nitrogen and oxygen atoms in total. The van der Waals surface area contributed by atoms with E-state index in [0.717, 1.165) is 30.4 Å². The Hall–Kier alpha value is -0.290. The molecule has 96 valence electrons. The number of nitrogens with one attached hydrogen (secondary N) is 2. The monoisotopic (exact) mass is 294 g/mol. The number of aryl methyl sites for hydroxylation is 1. The maximum absolute atomic E-state index is 11.5. The number of rotatable bonds is 5. The van der Waals surface area contributed by atoms with Gasteiger partial charge in [-0.2, -0.15) is 0 Å². The van der Waals surface area contributed by atoms with E-state index in [1.54, 1.807) is 11.3 Å². The molecule has 1 saturated heterocycles. The normalized spacial score (nSPS) is 14.9. The summed E-state index contributed by atoms with van der Waals surface area (Å²) in [7, 11) is 0. The Morgan fingerprint density at radius 3 is 2.82 bits per heavy atom. The van der Waals surface area contributed by atoms with Crippen LogP contribution in [0.5, 0.6) is 0 Å². The molecule has 0 aromatic carbocycles. The zero-order chi connectivity index (χ0) is 11.4. The van der Waals surface area contributed by atoms with Gasteiger partial charge in [0.15, 0.2) is 0 Å². The van der Waals surface area contributed by atoms with Gasteiger partial charge in [0.1, 0.15) is 0 Å². The lowest BCUT2D eigenvalue weighted by Crippen LogP contribution is -2.48. The van der Waals surface area contributed by atoms with Crippen LogP contribution in [0.25, 0.3) is 0 Å². The van der Waals surface area contributed by atoms with Gasteiger partial charge in [0.25, 0.3) is 0 Å². The van der Waals surface area contributed by atoms with Gasteiger partial charge in [-0.3, -0.25) is 4.79 Å². The third-order valence-electron chi connectivity index (χ3n) is 2.68. The number of amides is 1. The number of carbonyl (C=O) groups is 1. The van der Waals surface area contributed by atoms with Crippen LogP contribution >= 0.6 is 35.3 Å². The Kier molecular flexibility index (Phi) is 6.27. The average Bonchev–Trinajstić information content (AvgIpc) is 2.59. The van der Waals surface area contributed by atoms with Gasteiger partial charge in [-0.05, 0) is 18.6 Å². The molecule has 1 aromatic rings. The SMILES string of the molecule is Cl.O=C(CCc1ccc(Cl)s1)NCC1CNC1. The predicted molar refractivity (Wildman–Crippen MR) is 74.3 cm³/mol. The summed E-state index contributed by atoms with van der Waals surface area (Å²) in [6.07, 6.45) is 1.34. The van der Waals surface area contributed by atoms with Crippen LogP contribution in [0.3, 0.4) is 0 Å². The summed E-state index contributed by atoms with van der Waals surface area (Å²) in [6, 6.07) is 3.86. The molecular weight excluding hydrogens is 279 g/mol. The van der Waals surface area contributed by atoms with E-state index in [9.17, 15) is 4.79 Å². The molecule has 0 atom stereocenters. The van der Waals surface area contributed by atoms with Crippen LogP contribution in [0.4, 0.5) is 0 Å². The highest BCUT2D eigenvalue weighted by atomic mass is 35.5. The van der Waals surface area contributed by atoms with Crippen molar-refractivity contribution in [1.29, 1.82) is 0 Å². The molecule has 2 heterocycles. The van der Waals surface area contributed by atoms with Gasteiger partial charge in [-0.1, -0.05) is 11.6 Å². The highest BCUT2D eigenvalue weighted by Gasteiger charge is 2.16. The molecule has 1 aromatic heterocycles. The Morgan fingerprint density at radius 1 is 1.53 bits per heavy atom. The third-order valence-corrected chi connectivity index (χ3v) is 3.97. The van der Waals surface area contributed by atoms with E-state index in [1.807, 2.05) is 12.1 Å². The summed E-state index contributed by atoms with van der Waals surface area (Å²) < 4.78 is 0.788. The van der Waals surface area contributed by atoms with Crippen LogP contribution < -0.4 is 10.6 Å². The van der Waals surface area contributed by atoms with Crippen LogP contribution in [0, 0.1) is 5.92 Å². The Bertz CT molecular complexity index is 366. The largest absolute Gasteiger partial charge is 0.356 e. The van der Waals surface area contributed by atoms with E-state index in [0.29, 0.717) is 12.3 Å². The van der Waals surface area contributed by atoms with Crippen molar-refractivity contribution in [3.63, 3.8) is 0 Å². The van der Waals surface area contributed by atoms with Gasteiger partial charge in [0.2, 0.25) is 5.91 Å². The quantitative estimate of drug-likeness (QED) is 0.873. The summed E-state index contributed by atoms with van der Waals surface area (Å²) in [4.78, 5) is 12.7. The van der Waals surface area contributed by atoms with E-state index < -0.39 is 0 Å². The Balaban J connectivity index is 0.00000144. The molecule has 2 rings (SSSR count). The van der Waals surface area contributed by atoms with Crippen molar-refractivity contribution >= 4 is 41.3 Å². The molecule has 0 radical (unpaired) electrons. The summed E-state index contributed by atoms with van der Waals surface area (Å²) in [5.41, 5.74) is 0. The lowest BCUT2D eigenvalue weighted by atomic mass is 10.0. The van der Waals surface area contributed by atoms with E-state index in [4.69, 9.17) is 11.6 Å². The molecule has 1 aliphatic rings. The van der Waals surface area contributed by atoms with Gasteiger partial charge < -0.3 is 10.6 Å². The van der Waals surface area contributed by atoms with E-state index >= 15 is 0 Å². The summed E-state index contributed by atoms with van der Waals surface area (Å²) in [5, 5.41) is 6.14. The predicted octanol–water partition coefficient (Wildman–Crippen LogP) is 2.09. The van der Waals surface area contributed by atoms with Gasteiger partial charge in [0, 0.05) is 36.9 Å². The lowest BCUT2D eigenvalue weighted by molar-refractivity contribution is -0.121. The summed E-state index contributed by atoms with van der Waals surface area (Å²) in [5.74, 6) is 0.761. The number of hydrogen-bond acceptors (Lipinski definition) is 3. The minimum Gasteiger partial charge on any atom is -0.356 e. The molecule has 2 N–H and O–H groups in total. The molecule has 0 unspecified atom stereocenters. The fourth-order valence-electron chi connectivity index (χ4n) is 1.56. The van der Waals surface area contributed by atoms with Crippen LogP contribution in [-0.2, 0) is 11.2 Å². The smallest absolute Gasteiger partial charge is 0.220 e. The second kappa shape index (κ2) is 7.21. The fraction of sp³-hybridized carbons (Fsp3) is 0.545. The standard InChI is InChI=1S/C11H15ClN2OS.ClH/c12-10-3-1-9(16-10)2-4-11(15)14-7-8-5-13-6-8;/h1,3,8,13H,2,4-7H2,(H,14,15);1H. The van der Waals surface area contributed by atoms with E-state index in [1.165, 1.54) is 4.88 Å². The van der Waals surface area contributed by atoms with Crippen molar-refractivity contribution in [3.05, 3.63) is 21.3 Å². The number of hydrogen-bond donors (Lipinski definition) is 2. The van der Waals surface area contributed by atoms with Gasteiger partial charge >= 0.3 is 0 Å².